The maximum atomic E-state index is 13.7. The van der Waals surface area contributed by atoms with E-state index in [9.17, 15) is 18.8 Å². The third-order valence-corrected chi connectivity index (χ3v) is 6.42. The fourth-order valence-electron chi connectivity index (χ4n) is 3.18. The zero-order chi connectivity index (χ0) is 22.0. The average Bonchev–Trinajstić information content (AvgIpc) is 3.03. The minimum absolute atomic E-state index is 0.0379. The molecular formula is C23H16BrFN2O3S. The molecular weight excluding hydrogens is 483 g/mol. The molecule has 8 heteroatoms. The van der Waals surface area contributed by atoms with Crippen LogP contribution < -0.4 is 10.2 Å². The van der Waals surface area contributed by atoms with Crippen molar-refractivity contribution in [3.8, 4) is 0 Å². The number of amides is 3. The topological polar surface area (TPSA) is 66.5 Å². The van der Waals surface area contributed by atoms with Gasteiger partial charge >= 0.3 is 0 Å². The smallest absolute Gasteiger partial charge is 0.258 e. The predicted octanol–water partition coefficient (Wildman–Crippen LogP) is 5.26. The van der Waals surface area contributed by atoms with Crippen molar-refractivity contribution >= 4 is 56.8 Å². The fourth-order valence-corrected chi connectivity index (χ4v) is 4.50. The van der Waals surface area contributed by atoms with Crippen molar-refractivity contribution < 1.29 is 18.8 Å². The van der Waals surface area contributed by atoms with Crippen molar-refractivity contribution in [1.29, 1.82) is 0 Å². The minimum atomic E-state index is -0.591. The van der Waals surface area contributed by atoms with Crippen molar-refractivity contribution in [3.63, 3.8) is 0 Å². The van der Waals surface area contributed by atoms with Crippen LogP contribution in [0.4, 0.5) is 15.8 Å². The molecule has 3 aromatic rings. The number of rotatable bonds is 5. The Balaban J connectivity index is 1.41. The van der Waals surface area contributed by atoms with Gasteiger partial charge in [-0.25, -0.2) is 9.29 Å². The quantitative estimate of drug-likeness (QED) is 0.487. The molecule has 1 heterocycles. The molecule has 156 valence electrons. The lowest BCUT2D eigenvalue weighted by Crippen LogP contribution is -2.31. The zero-order valence-corrected chi connectivity index (χ0v) is 18.5. The molecule has 1 N–H and O–H groups in total. The molecule has 5 nitrogen and oxygen atoms in total. The molecule has 1 aliphatic rings. The van der Waals surface area contributed by atoms with E-state index in [2.05, 4.69) is 21.2 Å². The summed E-state index contributed by atoms with van der Waals surface area (Å²) in [5.74, 6) is -1.63. The highest BCUT2D eigenvalue weighted by molar-refractivity contribution is 9.10. The maximum Gasteiger partial charge on any atom is 0.258 e. The molecule has 0 aromatic heterocycles. The molecule has 0 bridgehead atoms. The summed E-state index contributed by atoms with van der Waals surface area (Å²) in [5.41, 5.74) is 1.01. The van der Waals surface area contributed by atoms with Crippen molar-refractivity contribution in [1.82, 2.24) is 0 Å². The first-order chi connectivity index (χ1) is 14.9. The Hall–Kier alpha value is -2.97. The van der Waals surface area contributed by atoms with Crippen LogP contribution in [0.15, 0.2) is 82.2 Å². The lowest BCUT2D eigenvalue weighted by Gasteiger charge is -2.15. The van der Waals surface area contributed by atoms with Crippen LogP contribution in [0.5, 0.6) is 0 Å². The number of thioether (sulfide) groups is 1. The number of nitrogens with zero attached hydrogens (tertiary/aromatic N) is 1. The molecule has 0 spiro atoms. The van der Waals surface area contributed by atoms with Gasteiger partial charge in [-0.05, 0) is 60.7 Å². The summed E-state index contributed by atoms with van der Waals surface area (Å²) < 4.78 is 14.6. The van der Waals surface area contributed by atoms with Crippen LogP contribution >= 0.6 is 27.7 Å². The molecule has 1 fully saturated rings. The molecule has 3 aromatic carbocycles. The number of benzene rings is 3. The number of carbonyl (C=O) groups excluding carboxylic acids is 3. The highest BCUT2D eigenvalue weighted by Gasteiger charge is 2.40. The minimum Gasteiger partial charge on any atom is -0.322 e. The SMILES string of the molecule is O=C(Nc1ccc(SC2CC(=O)N(c3ccc(Br)cc3)C2=O)cc1)c1ccccc1F. The Morgan fingerprint density at radius 1 is 1.00 bits per heavy atom. The van der Waals surface area contributed by atoms with Gasteiger partial charge in [0.05, 0.1) is 16.5 Å². The van der Waals surface area contributed by atoms with E-state index in [1.54, 1.807) is 54.6 Å². The number of imide groups is 1. The van der Waals surface area contributed by atoms with Crippen LogP contribution in [-0.4, -0.2) is 23.0 Å². The van der Waals surface area contributed by atoms with Gasteiger partial charge in [-0.3, -0.25) is 14.4 Å². The van der Waals surface area contributed by atoms with Gasteiger partial charge in [-0.15, -0.1) is 11.8 Å². The summed E-state index contributed by atoms with van der Waals surface area (Å²) in [5, 5.41) is 2.13. The monoisotopic (exact) mass is 498 g/mol. The van der Waals surface area contributed by atoms with Crippen LogP contribution in [-0.2, 0) is 9.59 Å². The first-order valence-electron chi connectivity index (χ1n) is 9.37. The molecule has 1 aliphatic heterocycles. The van der Waals surface area contributed by atoms with Gasteiger partial charge in [0, 0.05) is 21.5 Å². The Kier molecular flexibility index (Phi) is 6.20. The first kappa shape index (κ1) is 21.3. The van der Waals surface area contributed by atoms with Gasteiger partial charge in [-0.1, -0.05) is 28.1 Å². The van der Waals surface area contributed by atoms with E-state index in [-0.39, 0.29) is 23.8 Å². The molecule has 0 radical (unpaired) electrons. The van der Waals surface area contributed by atoms with Gasteiger partial charge in [-0.2, -0.15) is 0 Å². The molecule has 1 saturated heterocycles. The summed E-state index contributed by atoms with van der Waals surface area (Å²) in [6.45, 7) is 0. The third kappa shape index (κ3) is 4.70. The van der Waals surface area contributed by atoms with Crippen molar-refractivity contribution in [2.75, 3.05) is 10.2 Å². The van der Waals surface area contributed by atoms with E-state index in [0.29, 0.717) is 11.4 Å². The Labute approximate surface area is 190 Å². The number of nitrogens with one attached hydrogen (secondary N) is 1. The normalized spacial score (nSPS) is 15.9. The molecule has 1 atom stereocenters. The van der Waals surface area contributed by atoms with Gasteiger partial charge in [0.15, 0.2) is 0 Å². The lowest BCUT2D eigenvalue weighted by atomic mass is 10.2. The Bertz CT molecular complexity index is 1150. The molecule has 4 rings (SSSR count). The zero-order valence-electron chi connectivity index (χ0n) is 16.0. The van der Waals surface area contributed by atoms with Crippen LogP contribution in [0.3, 0.4) is 0 Å². The second kappa shape index (κ2) is 9.03. The molecule has 3 amide bonds. The highest BCUT2D eigenvalue weighted by Crippen LogP contribution is 2.34. The molecule has 1 unspecified atom stereocenters. The van der Waals surface area contributed by atoms with Crippen molar-refractivity contribution in [2.24, 2.45) is 0 Å². The standard InChI is InChI=1S/C23H16BrFN2O3S/c24-14-5-9-16(10-6-14)27-21(28)13-20(23(27)30)31-17-11-7-15(8-12-17)26-22(29)18-3-1-2-4-19(18)25/h1-12,20H,13H2,(H,26,29). The van der Waals surface area contributed by atoms with E-state index < -0.39 is 17.0 Å². The molecule has 0 saturated carbocycles. The molecule has 0 aliphatic carbocycles. The van der Waals surface area contributed by atoms with Gasteiger partial charge in [0.1, 0.15) is 5.82 Å². The Morgan fingerprint density at radius 2 is 1.68 bits per heavy atom. The van der Waals surface area contributed by atoms with E-state index in [1.807, 2.05) is 0 Å². The summed E-state index contributed by atoms with van der Waals surface area (Å²) >= 11 is 4.64. The summed E-state index contributed by atoms with van der Waals surface area (Å²) in [4.78, 5) is 39.4. The highest BCUT2D eigenvalue weighted by atomic mass is 79.9. The number of carbonyl (C=O) groups is 3. The van der Waals surface area contributed by atoms with Gasteiger partial charge in [0.2, 0.25) is 11.8 Å². The van der Waals surface area contributed by atoms with E-state index >= 15 is 0 Å². The third-order valence-electron chi connectivity index (χ3n) is 4.70. The number of anilines is 2. The van der Waals surface area contributed by atoms with E-state index in [1.165, 1.54) is 34.9 Å². The molecule has 31 heavy (non-hydrogen) atoms. The van der Waals surface area contributed by atoms with Crippen LogP contribution in [0, 0.1) is 5.82 Å². The lowest BCUT2D eigenvalue weighted by molar-refractivity contribution is -0.121. The Morgan fingerprint density at radius 3 is 2.35 bits per heavy atom. The summed E-state index contributed by atoms with van der Waals surface area (Å²) in [7, 11) is 0. The largest absolute Gasteiger partial charge is 0.322 e. The summed E-state index contributed by atoms with van der Waals surface area (Å²) in [6, 6.07) is 19.6. The number of hydrogen-bond donors (Lipinski definition) is 1. The predicted molar refractivity (Wildman–Crippen MR) is 122 cm³/mol. The second-order valence-electron chi connectivity index (χ2n) is 6.81. The van der Waals surface area contributed by atoms with Crippen molar-refractivity contribution in [3.05, 3.63) is 88.6 Å². The van der Waals surface area contributed by atoms with Gasteiger partial charge in [0.25, 0.3) is 5.91 Å². The van der Waals surface area contributed by atoms with Crippen molar-refractivity contribution in [2.45, 2.75) is 16.6 Å². The van der Waals surface area contributed by atoms with Crippen LogP contribution in [0.1, 0.15) is 16.8 Å². The van der Waals surface area contributed by atoms with Crippen LogP contribution in [0.25, 0.3) is 0 Å². The maximum absolute atomic E-state index is 13.7. The number of hydrogen-bond acceptors (Lipinski definition) is 4. The number of halogens is 2. The van der Waals surface area contributed by atoms with Gasteiger partial charge < -0.3 is 5.32 Å². The average molecular weight is 499 g/mol. The first-order valence-corrected chi connectivity index (χ1v) is 11.0. The fraction of sp³-hybridized carbons (Fsp3) is 0.0870. The summed E-state index contributed by atoms with van der Waals surface area (Å²) in [6.07, 6.45) is 0.116. The second-order valence-corrected chi connectivity index (χ2v) is 9.00. The van der Waals surface area contributed by atoms with Crippen LogP contribution in [0.2, 0.25) is 0 Å². The van der Waals surface area contributed by atoms with E-state index in [0.717, 1.165) is 9.37 Å². The van der Waals surface area contributed by atoms with E-state index in [4.69, 9.17) is 0 Å².